The molecule has 0 aliphatic heterocycles. The Labute approximate surface area is 132 Å². The fourth-order valence-electron chi connectivity index (χ4n) is 2.47. The van der Waals surface area contributed by atoms with Gasteiger partial charge in [0.05, 0.1) is 16.8 Å². The van der Waals surface area contributed by atoms with Crippen LogP contribution in [0.4, 0.5) is 5.69 Å². The molecule has 5 heteroatoms. The van der Waals surface area contributed by atoms with Crippen LogP contribution in [0.5, 0.6) is 0 Å². The standard InChI is InChI=1S/C18H13NO4/c1-10-6-7-15(13(8-10)18(22)23)19-9-14-16(20)11-4-2-3-5-12(11)17(14)21/h2-9,20H,1H3,(H,22,23). The highest BCUT2D eigenvalue weighted by Gasteiger charge is 2.28. The number of allylic oxidation sites excluding steroid dienone is 1. The number of aryl methyl sites for hydroxylation is 1. The Morgan fingerprint density at radius 3 is 2.48 bits per heavy atom. The SMILES string of the molecule is Cc1ccc(N=CC2=C(O)c3ccccc3C2=O)c(C(=O)O)c1. The van der Waals surface area contributed by atoms with Crippen LogP contribution < -0.4 is 0 Å². The van der Waals surface area contributed by atoms with Gasteiger partial charge in [-0.05, 0) is 19.1 Å². The van der Waals surface area contributed by atoms with Crippen LogP contribution in [0.1, 0.15) is 31.8 Å². The Hall–Kier alpha value is -3.21. The lowest BCUT2D eigenvalue weighted by atomic mass is 10.1. The molecule has 0 unspecified atom stereocenters. The lowest BCUT2D eigenvalue weighted by Crippen LogP contribution is -2.01. The van der Waals surface area contributed by atoms with Gasteiger partial charge in [0.1, 0.15) is 5.76 Å². The van der Waals surface area contributed by atoms with Gasteiger partial charge in [0.15, 0.2) is 5.78 Å². The topological polar surface area (TPSA) is 87.0 Å². The molecule has 5 nitrogen and oxygen atoms in total. The third-order valence-electron chi connectivity index (χ3n) is 3.64. The van der Waals surface area contributed by atoms with Crippen molar-refractivity contribution < 1.29 is 19.8 Å². The molecule has 0 spiro atoms. The molecule has 0 radical (unpaired) electrons. The average molecular weight is 307 g/mol. The second kappa shape index (κ2) is 5.53. The first-order valence-electron chi connectivity index (χ1n) is 6.94. The van der Waals surface area contributed by atoms with Crippen molar-refractivity contribution >= 4 is 29.4 Å². The summed E-state index contributed by atoms with van der Waals surface area (Å²) >= 11 is 0. The molecule has 2 aromatic rings. The number of carboxylic acid groups (broad SMARTS) is 1. The molecule has 1 aliphatic rings. The summed E-state index contributed by atoms with van der Waals surface area (Å²) < 4.78 is 0. The van der Waals surface area contributed by atoms with Gasteiger partial charge in [-0.3, -0.25) is 9.79 Å². The Balaban J connectivity index is 2.01. The van der Waals surface area contributed by atoms with E-state index in [9.17, 15) is 19.8 Å². The summed E-state index contributed by atoms with van der Waals surface area (Å²) in [6.07, 6.45) is 1.22. The van der Waals surface area contributed by atoms with Crippen molar-refractivity contribution in [3.05, 3.63) is 70.3 Å². The van der Waals surface area contributed by atoms with E-state index in [-0.39, 0.29) is 28.4 Å². The quantitative estimate of drug-likeness (QED) is 0.849. The largest absolute Gasteiger partial charge is 0.506 e. The van der Waals surface area contributed by atoms with Crippen LogP contribution in [0.15, 0.2) is 53.0 Å². The van der Waals surface area contributed by atoms with Gasteiger partial charge in [-0.1, -0.05) is 35.9 Å². The van der Waals surface area contributed by atoms with Crippen LogP contribution in [-0.2, 0) is 0 Å². The maximum atomic E-state index is 12.3. The number of benzene rings is 2. The number of Topliss-reactive ketones (excluding diaryl/α,β-unsaturated/α-hetero) is 1. The molecular weight excluding hydrogens is 294 g/mol. The lowest BCUT2D eigenvalue weighted by Gasteiger charge is -2.02. The van der Waals surface area contributed by atoms with Crippen molar-refractivity contribution in [3.8, 4) is 0 Å². The summed E-state index contributed by atoms with van der Waals surface area (Å²) in [5, 5.41) is 19.4. The third kappa shape index (κ3) is 2.53. The van der Waals surface area contributed by atoms with Crippen LogP contribution in [0, 0.1) is 6.92 Å². The molecule has 0 saturated heterocycles. The molecule has 2 aromatic carbocycles. The van der Waals surface area contributed by atoms with E-state index in [1.807, 2.05) is 0 Å². The molecule has 2 N–H and O–H groups in total. The van der Waals surface area contributed by atoms with Crippen molar-refractivity contribution in [2.75, 3.05) is 0 Å². The molecule has 3 rings (SSSR count). The van der Waals surface area contributed by atoms with Crippen molar-refractivity contribution in [2.24, 2.45) is 4.99 Å². The van der Waals surface area contributed by atoms with Crippen molar-refractivity contribution in [1.29, 1.82) is 0 Å². The molecule has 0 bridgehead atoms. The molecule has 0 saturated carbocycles. The van der Waals surface area contributed by atoms with E-state index in [1.165, 1.54) is 12.3 Å². The molecule has 0 fully saturated rings. The number of fused-ring (bicyclic) bond motifs is 1. The first-order chi connectivity index (χ1) is 11.0. The molecule has 0 aromatic heterocycles. The average Bonchev–Trinajstić information content (AvgIpc) is 2.78. The minimum absolute atomic E-state index is 0.0456. The summed E-state index contributed by atoms with van der Waals surface area (Å²) in [5.74, 6) is -1.57. The van der Waals surface area contributed by atoms with Crippen LogP contribution in [0.3, 0.4) is 0 Å². The van der Waals surface area contributed by atoms with Gasteiger partial charge < -0.3 is 10.2 Å². The number of aliphatic hydroxyl groups is 1. The van der Waals surface area contributed by atoms with E-state index >= 15 is 0 Å². The smallest absolute Gasteiger partial charge is 0.337 e. The van der Waals surface area contributed by atoms with E-state index in [0.717, 1.165) is 5.56 Å². The van der Waals surface area contributed by atoms with Gasteiger partial charge in [-0.15, -0.1) is 0 Å². The Morgan fingerprint density at radius 1 is 1.13 bits per heavy atom. The van der Waals surface area contributed by atoms with Gasteiger partial charge in [0.25, 0.3) is 0 Å². The second-order valence-electron chi connectivity index (χ2n) is 5.22. The first-order valence-corrected chi connectivity index (χ1v) is 6.94. The predicted molar refractivity (Wildman–Crippen MR) is 86.6 cm³/mol. The number of carboxylic acids is 1. The van der Waals surface area contributed by atoms with Crippen LogP contribution >= 0.6 is 0 Å². The van der Waals surface area contributed by atoms with E-state index in [0.29, 0.717) is 11.1 Å². The Kier molecular flexibility index (Phi) is 3.54. The predicted octanol–water partition coefficient (Wildman–Crippen LogP) is 3.56. The minimum atomic E-state index is -1.10. The highest BCUT2D eigenvalue weighted by Crippen LogP contribution is 2.30. The number of ketones is 1. The van der Waals surface area contributed by atoms with Crippen LogP contribution in [0.2, 0.25) is 0 Å². The van der Waals surface area contributed by atoms with Gasteiger partial charge in [-0.25, -0.2) is 4.79 Å². The summed E-state index contributed by atoms with van der Waals surface area (Å²) in [4.78, 5) is 27.6. The van der Waals surface area contributed by atoms with Crippen LogP contribution in [-0.4, -0.2) is 28.2 Å². The zero-order valence-electron chi connectivity index (χ0n) is 12.3. The van der Waals surface area contributed by atoms with Crippen LogP contribution in [0.25, 0.3) is 5.76 Å². The zero-order valence-corrected chi connectivity index (χ0v) is 12.3. The zero-order chi connectivity index (χ0) is 16.6. The summed E-state index contributed by atoms with van der Waals surface area (Å²) in [6.45, 7) is 1.78. The number of carbonyl (C=O) groups excluding carboxylic acids is 1. The van der Waals surface area contributed by atoms with Crippen molar-refractivity contribution in [2.45, 2.75) is 6.92 Å². The molecule has 1 aliphatic carbocycles. The number of aliphatic hydroxyl groups excluding tert-OH is 1. The summed E-state index contributed by atoms with van der Waals surface area (Å²) in [6, 6.07) is 11.5. The van der Waals surface area contributed by atoms with Crippen molar-refractivity contribution in [1.82, 2.24) is 0 Å². The monoisotopic (exact) mass is 307 g/mol. The molecule has 0 atom stereocenters. The Morgan fingerprint density at radius 2 is 1.83 bits per heavy atom. The maximum absolute atomic E-state index is 12.3. The summed E-state index contributed by atoms with van der Waals surface area (Å²) in [7, 11) is 0. The fourth-order valence-corrected chi connectivity index (χ4v) is 2.47. The fraction of sp³-hybridized carbons (Fsp3) is 0.0556. The number of nitrogens with zero attached hydrogens (tertiary/aromatic N) is 1. The number of carbonyl (C=O) groups is 2. The number of aromatic carboxylic acids is 1. The Bertz CT molecular complexity index is 894. The molecule has 0 amide bonds. The molecule has 114 valence electrons. The molecule has 0 heterocycles. The van der Waals surface area contributed by atoms with Crippen molar-refractivity contribution in [3.63, 3.8) is 0 Å². The maximum Gasteiger partial charge on any atom is 0.337 e. The van der Waals surface area contributed by atoms with Gasteiger partial charge in [0, 0.05) is 17.3 Å². The molecule has 23 heavy (non-hydrogen) atoms. The number of hydrogen-bond acceptors (Lipinski definition) is 4. The third-order valence-corrected chi connectivity index (χ3v) is 3.64. The first kappa shape index (κ1) is 14.7. The van der Waals surface area contributed by atoms with E-state index in [4.69, 9.17) is 0 Å². The number of rotatable bonds is 3. The highest BCUT2D eigenvalue weighted by molar-refractivity contribution is 6.30. The number of hydrogen-bond donors (Lipinski definition) is 2. The molecular formula is C18H13NO4. The van der Waals surface area contributed by atoms with E-state index < -0.39 is 5.97 Å². The van der Waals surface area contributed by atoms with Gasteiger partial charge in [-0.2, -0.15) is 0 Å². The second-order valence-corrected chi connectivity index (χ2v) is 5.22. The lowest BCUT2D eigenvalue weighted by molar-refractivity contribution is 0.0697. The summed E-state index contributed by atoms with van der Waals surface area (Å²) in [5.41, 5.74) is 2.00. The normalized spacial score (nSPS) is 13.7. The van der Waals surface area contributed by atoms with E-state index in [2.05, 4.69) is 4.99 Å². The van der Waals surface area contributed by atoms with Gasteiger partial charge in [0.2, 0.25) is 0 Å². The number of aliphatic imine (C=N–C) groups is 1. The highest BCUT2D eigenvalue weighted by atomic mass is 16.4. The minimum Gasteiger partial charge on any atom is -0.506 e. The van der Waals surface area contributed by atoms with E-state index in [1.54, 1.807) is 43.3 Å². The van der Waals surface area contributed by atoms with Gasteiger partial charge >= 0.3 is 5.97 Å².